The van der Waals surface area contributed by atoms with Crippen molar-refractivity contribution in [1.29, 1.82) is 0 Å². The van der Waals surface area contributed by atoms with E-state index >= 15 is 0 Å². The molecule has 2 aromatic rings. The Morgan fingerprint density at radius 2 is 1.17 bits per heavy atom. The Hall–Kier alpha value is -1.14. The first-order valence-electron chi connectivity index (χ1n) is 13.2. The number of hydrogen-bond donors (Lipinski definition) is 1. The molecule has 41 heavy (non-hydrogen) atoms. The maximum absolute atomic E-state index is 13.8. The highest BCUT2D eigenvalue weighted by Gasteiger charge is 2.41. The topological polar surface area (TPSA) is 145 Å². The molecule has 0 aromatic carbocycles. The van der Waals surface area contributed by atoms with Gasteiger partial charge in [0.05, 0.1) is 48.0 Å². The summed E-state index contributed by atoms with van der Waals surface area (Å²) in [5.41, 5.74) is -2.66. The summed E-state index contributed by atoms with van der Waals surface area (Å²) in [5.74, 6) is 0.398. The molecule has 16 heteroatoms. The normalized spacial score (nSPS) is 14.3. The second-order valence-corrected chi connectivity index (χ2v) is 16.7. The number of phosphoric ester groups is 2. The van der Waals surface area contributed by atoms with Crippen molar-refractivity contribution >= 4 is 44.2 Å². The van der Waals surface area contributed by atoms with Crippen LogP contribution < -0.4 is 5.32 Å². The van der Waals surface area contributed by atoms with Crippen molar-refractivity contribution in [2.45, 2.75) is 112 Å². The molecular formula is C25H46ClN5O8P2. The number of aromatic nitrogens is 4. The van der Waals surface area contributed by atoms with Gasteiger partial charge in [-0.2, -0.15) is 9.97 Å². The van der Waals surface area contributed by atoms with E-state index in [-0.39, 0.29) is 18.5 Å². The van der Waals surface area contributed by atoms with Crippen LogP contribution in [0.25, 0.3) is 11.2 Å². The molecule has 0 saturated heterocycles. The molecule has 2 rings (SSSR count). The van der Waals surface area contributed by atoms with E-state index in [0.29, 0.717) is 17.0 Å². The fourth-order valence-corrected chi connectivity index (χ4v) is 7.22. The van der Waals surface area contributed by atoms with Crippen molar-refractivity contribution in [3.8, 4) is 0 Å². The van der Waals surface area contributed by atoms with Crippen LogP contribution in [0.5, 0.6) is 0 Å². The highest BCUT2D eigenvalue weighted by Crippen LogP contribution is 2.57. The third-order valence-corrected chi connectivity index (χ3v) is 8.60. The van der Waals surface area contributed by atoms with Crippen molar-refractivity contribution in [1.82, 2.24) is 19.5 Å². The van der Waals surface area contributed by atoms with E-state index in [1.54, 1.807) is 94.7 Å². The van der Waals surface area contributed by atoms with Gasteiger partial charge in [-0.3, -0.25) is 27.1 Å². The molecular weight excluding hydrogens is 596 g/mol. The van der Waals surface area contributed by atoms with Crippen LogP contribution in [0.3, 0.4) is 0 Å². The number of nitrogens with zero attached hydrogens (tertiary/aromatic N) is 4. The molecule has 0 aliphatic heterocycles. The van der Waals surface area contributed by atoms with Gasteiger partial charge in [-0.15, -0.1) is 0 Å². The van der Waals surface area contributed by atoms with Gasteiger partial charge in [-0.1, -0.05) is 0 Å². The fraction of sp³-hybridized carbons (Fsp3) is 0.800. The molecule has 0 aliphatic carbocycles. The number of imidazole rings is 1. The maximum Gasteiger partial charge on any atom is 0.475 e. The molecule has 13 nitrogen and oxygen atoms in total. The first-order valence-corrected chi connectivity index (χ1v) is 16.5. The Kier molecular flexibility index (Phi) is 11.3. The predicted molar refractivity (Wildman–Crippen MR) is 159 cm³/mol. The van der Waals surface area contributed by atoms with E-state index in [4.69, 9.17) is 38.7 Å². The summed E-state index contributed by atoms with van der Waals surface area (Å²) in [6, 6.07) is -0.823. The Balaban J connectivity index is 2.56. The van der Waals surface area contributed by atoms with E-state index < -0.39 is 44.1 Å². The lowest BCUT2D eigenvalue weighted by atomic mass is 10.2. The maximum atomic E-state index is 13.8. The number of rotatable bonds is 12. The summed E-state index contributed by atoms with van der Waals surface area (Å²) in [4.78, 5) is 12.9. The number of nitrogens with one attached hydrogen (secondary N) is 1. The summed E-state index contributed by atoms with van der Waals surface area (Å²) in [6.45, 7) is 20.3. The van der Waals surface area contributed by atoms with Crippen LogP contribution in [0.4, 0.5) is 5.82 Å². The minimum absolute atomic E-state index is 0.0280. The van der Waals surface area contributed by atoms with Gasteiger partial charge in [0, 0.05) is 7.05 Å². The molecule has 236 valence electrons. The number of hydrogen-bond acceptors (Lipinski definition) is 12. The van der Waals surface area contributed by atoms with Gasteiger partial charge in [-0.25, -0.2) is 14.1 Å². The Morgan fingerprint density at radius 3 is 1.51 bits per heavy atom. The van der Waals surface area contributed by atoms with Crippen LogP contribution in [0, 0.1) is 0 Å². The summed E-state index contributed by atoms with van der Waals surface area (Å²) in [5, 5.41) is 2.91. The second kappa shape index (κ2) is 12.8. The van der Waals surface area contributed by atoms with Gasteiger partial charge in [-0.05, 0) is 94.7 Å². The summed E-state index contributed by atoms with van der Waals surface area (Å²) in [7, 11) is -6.58. The summed E-state index contributed by atoms with van der Waals surface area (Å²) >= 11 is 6.19. The van der Waals surface area contributed by atoms with Gasteiger partial charge in [0.15, 0.2) is 17.0 Å². The Labute approximate surface area is 248 Å². The van der Waals surface area contributed by atoms with Gasteiger partial charge in [0.1, 0.15) is 0 Å². The smallest absolute Gasteiger partial charge is 0.371 e. The lowest BCUT2D eigenvalue weighted by Crippen LogP contribution is -2.28. The Morgan fingerprint density at radius 1 is 0.780 bits per heavy atom. The Bertz CT molecular complexity index is 1180. The molecule has 0 amide bonds. The predicted octanol–water partition coefficient (Wildman–Crippen LogP) is 7.57. The molecule has 0 bridgehead atoms. The van der Waals surface area contributed by atoms with Crippen molar-refractivity contribution in [2.24, 2.45) is 0 Å². The third kappa shape index (κ3) is 12.2. The molecule has 0 spiro atoms. The van der Waals surface area contributed by atoms with Crippen LogP contribution in [0.15, 0.2) is 6.33 Å². The number of anilines is 1. The van der Waals surface area contributed by atoms with E-state index in [1.807, 2.05) is 0 Å². The van der Waals surface area contributed by atoms with Crippen LogP contribution in [0.2, 0.25) is 5.28 Å². The first kappa shape index (κ1) is 36.1. The SMILES string of the molecule is CNc1nc(Cl)nc2c1ncn2C(COP(=O)(OC(C)(C)C)OC(C)(C)C)COP(=O)(OC(C)(C)C)OC(C)(C)C. The monoisotopic (exact) mass is 641 g/mol. The molecule has 2 aromatic heterocycles. The number of phosphoric acid groups is 2. The molecule has 1 N–H and O–H groups in total. The number of fused-ring (bicyclic) bond motifs is 1. The zero-order valence-electron chi connectivity index (χ0n) is 26.4. The molecule has 2 heterocycles. The van der Waals surface area contributed by atoms with E-state index in [2.05, 4.69) is 20.3 Å². The largest absolute Gasteiger partial charge is 0.475 e. The van der Waals surface area contributed by atoms with Gasteiger partial charge >= 0.3 is 15.6 Å². The van der Waals surface area contributed by atoms with E-state index in [1.165, 1.54) is 6.33 Å². The van der Waals surface area contributed by atoms with Crippen molar-refractivity contribution in [2.75, 3.05) is 25.6 Å². The zero-order valence-corrected chi connectivity index (χ0v) is 28.9. The quantitative estimate of drug-likeness (QED) is 0.180. The molecule has 0 fully saturated rings. The van der Waals surface area contributed by atoms with Crippen LogP contribution in [-0.2, 0) is 36.3 Å². The first-order chi connectivity index (χ1) is 18.3. The molecule has 0 saturated carbocycles. The average molecular weight is 642 g/mol. The second-order valence-electron chi connectivity index (χ2n) is 13.4. The van der Waals surface area contributed by atoms with Crippen LogP contribution in [-0.4, -0.2) is 62.2 Å². The minimum Gasteiger partial charge on any atom is -0.371 e. The van der Waals surface area contributed by atoms with E-state index in [0.717, 1.165) is 0 Å². The highest BCUT2D eigenvalue weighted by molar-refractivity contribution is 7.48. The third-order valence-electron chi connectivity index (χ3n) is 4.42. The van der Waals surface area contributed by atoms with Crippen molar-refractivity contribution in [3.05, 3.63) is 11.6 Å². The average Bonchev–Trinajstić information content (AvgIpc) is 3.11. The van der Waals surface area contributed by atoms with Crippen LogP contribution >= 0.6 is 27.2 Å². The van der Waals surface area contributed by atoms with Crippen LogP contribution in [0.1, 0.15) is 89.1 Å². The number of halogens is 1. The van der Waals surface area contributed by atoms with Crippen molar-refractivity contribution < 1.29 is 36.3 Å². The molecule has 0 aliphatic rings. The molecule has 0 atom stereocenters. The lowest BCUT2D eigenvalue weighted by Gasteiger charge is -2.33. The highest BCUT2D eigenvalue weighted by atomic mass is 35.5. The molecule has 0 radical (unpaired) electrons. The van der Waals surface area contributed by atoms with Gasteiger partial charge in [0.25, 0.3) is 0 Å². The fourth-order valence-electron chi connectivity index (χ4n) is 3.38. The zero-order chi connectivity index (χ0) is 31.7. The standard InChI is InChI=1S/C25H46ClN5O8P2/c1-22(2,3)36-40(32,37-23(4,5)6)34-14-17(15-35-41(33,38-24(7,8)9)39-25(10,11)12)31-16-28-18-19(27-13)29-21(26)30-20(18)31/h16-17H,14-15H2,1-13H3,(H,27,29,30). The van der Waals surface area contributed by atoms with Crippen molar-refractivity contribution in [3.63, 3.8) is 0 Å². The summed E-state index contributed by atoms with van der Waals surface area (Å²) < 4.78 is 64.1. The lowest BCUT2D eigenvalue weighted by molar-refractivity contribution is -0.0109. The van der Waals surface area contributed by atoms with E-state index in [9.17, 15) is 9.13 Å². The summed E-state index contributed by atoms with van der Waals surface area (Å²) in [6.07, 6.45) is 1.48. The minimum atomic E-state index is -4.13. The molecule has 0 unspecified atom stereocenters. The van der Waals surface area contributed by atoms with Gasteiger partial charge < -0.3 is 9.88 Å². The van der Waals surface area contributed by atoms with Gasteiger partial charge in [0.2, 0.25) is 5.28 Å².